The van der Waals surface area contributed by atoms with Crippen LogP contribution in [0.15, 0.2) is 22.3 Å². The van der Waals surface area contributed by atoms with E-state index in [2.05, 4.69) is 13.0 Å². The number of furan rings is 1. The van der Waals surface area contributed by atoms with Gasteiger partial charge in [0, 0.05) is 12.0 Å². The van der Waals surface area contributed by atoms with Crippen LogP contribution in [0.1, 0.15) is 42.8 Å². The standard InChI is InChI=1S/C15H16O4/c1-8-4-3-5-15-13(19-15)12(18-14(15)16)11-9(2)7-17-10(11)6-8/h4,7,12-13H,3,5-6H2,1-2H3/t12-,13+,15+/m0/s1. The van der Waals surface area contributed by atoms with Gasteiger partial charge in [0.2, 0.25) is 0 Å². The summed E-state index contributed by atoms with van der Waals surface area (Å²) < 4.78 is 16.9. The zero-order valence-electron chi connectivity index (χ0n) is 11.1. The van der Waals surface area contributed by atoms with Crippen molar-refractivity contribution in [3.05, 3.63) is 34.8 Å². The van der Waals surface area contributed by atoms with Crippen LogP contribution in [0.4, 0.5) is 0 Å². The first kappa shape index (κ1) is 11.3. The summed E-state index contributed by atoms with van der Waals surface area (Å²) in [6.45, 7) is 4.08. The van der Waals surface area contributed by atoms with Crippen molar-refractivity contribution < 1.29 is 18.7 Å². The number of fused-ring (bicyclic) bond motifs is 2. The third-order valence-corrected chi connectivity index (χ3v) is 4.43. The highest BCUT2D eigenvalue weighted by Gasteiger charge is 2.73. The Morgan fingerprint density at radius 3 is 3.00 bits per heavy atom. The van der Waals surface area contributed by atoms with E-state index in [0.717, 1.165) is 36.1 Å². The van der Waals surface area contributed by atoms with Crippen LogP contribution in [0.5, 0.6) is 0 Å². The number of rotatable bonds is 0. The van der Waals surface area contributed by atoms with Crippen LogP contribution in [-0.2, 0) is 20.7 Å². The number of aryl methyl sites for hydroxylation is 1. The Kier molecular flexibility index (Phi) is 2.09. The Balaban J connectivity index is 1.85. The lowest BCUT2D eigenvalue weighted by atomic mass is 9.91. The average molecular weight is 260 g/mol. The number of ether oxygens (including phenoxy) is 2. The topological polar surface area (TPSA) is 52.0 Å². The number of carbonyl (C=O) groups is 1. The first-order valence-corrected chi connectivity index (χ1v) is 6.73. The molecule has 0 spiro atoms. The zero-order chi connectivity index (χ0) is 13.2. The van der Waals surface area contributed by atoms with E-state index in [1.54, 1.807) is 6.26 Å². The molecule has 2 fully saturated rings. The van der Waals surface area contributed by atoms with Crippen molar-refractivity contribution in [2.45, 2.75) is 50.9 Å². The highest BCUT2D eigenvalue weighted by Crippen LogP contribution is 2.57. The molecule has 1 aromatic rings. The number of hydrogen-bond donors (Lipinski definition) is 0. The van der Waals surface area contributed by atoms with E-state index in [0.29, 0.717) is 0 Å². The lowest BCUT2D eigenvalue weighted by Gasteiger charge is -2.13. The molecule has 0 saturated carbocycles. The van der Waals surface area contributed by atoms with E-state index in [1.165, 1.54) is 5.57 Å². The summed E-state index contributed by atoms with van der Waals surface area (Å²) in [5.74, 6) is 0.694. The number of epoxide rings is 1. The first-order valence-electron chi connectivity index (χ1n) is 6.73. The maximum atomic E-state index is 12.1. The van der Waals surface area contributed by atoms with Gasteiger partial charge in [-0.1, -0.05) is 11.6 Å². The lowest BCUT2D eigenvalue weighted by Crippen LogP contribution is -2.22. The molecule has 100 valence electrons. The Morgan fingerprint density at radius 1 is 1.37 bits per heavy atom. The highest BCUT2D eigenvalue weighted by atomic mass is 16.7. The van der Waals surface area contributed by atoms with Crippen molar-refractivity contribution in [1.82, 2.24) is 0 Å². The zero-order valence-corrected chi connectivity index (χ0v) is 11.1. The second-order valence-corrected chi connectivity index (χ2v) is 5.78. The molecule has 0 radical (unpaired) electrons. The molecule has 1 aromatic heterocycles. The molecule has 2 saturated heterocycles. The van der Waals surface area contributed by atoms with Gasteiger partial charge >= 0.3 is 5.97 Å². The largest absolute Gasteiger partial charge is 0.468 e. The fourth-order valence-electron chi connectivity index (χ4n) is 3.34. The summed E-state index contributed by atoms with van der Waals surface area (Å²) in [7, 11) is 0. The SMILES string of the molecule is CC1=CCC[C@@]23O[C@@H]2[C@@H](OC3=O)c2c(C)coc2C1. The molecule has 4 rings (SSSR count). The average Bonchev–Trinajstić information content (AvgIpc) is 2.91. The second-order valence-electron chi connectivity index (χ2n) is 5.78. The minimum absolute atomic E-state index is 0.123. The van der Waals surface area contributed by atoms with Crippen LogP contribution in [0.3, 0.4) is 0 Å². The Hall–Kier alpha value is -1.55. The minimum atomic E-state index is -0.681. The predicted octanol–water partition coefficient (Wildman–Crippen LogP) is 2.61. The maximum absolute atomic E-state index is 12.1. The third kappa shape index (κ3) is 1.40. The first-order chi connectivity index (χ1) is 9.12. The highest BCUT2D eigenvalue weighted by molar-refractivity contribution is 5.87. The molecule has 3 heterocycles. The summed E-state index contributed by atoms with van der Waals surface area (Å²) in [5.41, 5.74) is 2.62. The monoisotopic (exact) mass is 260 g/mol. The van der Waals surface area contributed by atoms with Gasteiger partial charge in [-0.3, -0.25) is 0 Å². The number of esters is 1. The van der Waals surface area contributed by atoms with Crippen LogP contribution in [0.25, 0.3) is 0 Å². The maximum Gasteiger partial charge on any atom is 0.342 e. The molecule has 2 aliphatic heterocycles. The van der Waals surface area contributed by atoms with Gasteiger partial charge < -0.3 is 13.9 Å². The van der Waals surface area contributed by atoms with Crippen molar-refractivity contribution >= 4 is 5.97 Å². The van der Waals surface area contributed by atoms with Gasteiger partial charge in [-0.2, -0.15) is 0 Å². The molecule has 3 atom stereocenters. The second kappa shape index (κ2) is 3.51. The molecule has 0 amide bonds. The third-order valence-electron chi connectivity index (χ3n) is 4.43. The fraction of sp³-hybridized carbons (Fsp3) is 0.533. The molecule has 1 aliphatic carbocycles. The van der Waals surface area contributed by atoms with Crippen molar-refractivity contribution in [3.63, 3.8) is 0 Å². The van der Waals surface area contributed by atoms with Gasteiger partial charge in [0.1, 0.15) is 11.9 Å². The summed E-state index contributed by atoms with van der Waals surface area (Å²) in [4.78, 5) is 12.1. The smallest absolute Gasteiger partial charge is 0.342 e. The Morgan fingerprint density at radius 2 is 2.21 bits per heavy atom. The normalized spacial score (nSPS) is 36.1. The van der Waals surface area contributed by atoms with E-state index in [4.69, 9.17) is 13.9 Å². The van der Waals surface area contributed by atoms with E-state index < -0.39 is 5.60 Å². The fourth-order valence-corrected chi connectivity index (χ4v) is 3.34. The van der Waals surface area contributed by atoms with Crippen molar-refractivity contribution in [2.24, 2.45) is 0 Å². The van der Waals surface area contributed by atoms with Crippen molar-refractivity contribution in [3.8, 4) is 0 Å². The molecule has 3 aliphatic rings. The summed E-state index contributed by atoms with van der Waals surface area (Å²) in [5, 5.41) is 0. The van der Waals surface area contributed by atoms with Gasteiger partial charge in [-0.05, 0) is 32.3 Å². The van der Waals surface area contributed by atoms with E-state index in [1.807, 2.05) is 6.92 Å². The van der Waals surface area contributed by atoms with Gasteiger partial charge in [0.15, 0.2) is 11.7 Å². The van der Waals surface area contributed by atoms with E-state index >= 15 is 0 Å². The van der Waals surface area contributed by atoms with Crippen LogP contribution < -0.4 is 0 Å². The summed E-state index contributed by atoms with van der Waals surface area (Å²) in [6.07, 6.45) is 5.84. The number of carbonyl (C=O) groups excluding carboxylic acids is 1. The van der Waals surface area contributed by atoms with Gasteiger partial charge in [-0.15, -0.1) is 0 Å². The molecular weight excluding hydrogens is 244 g/mol. The van der Waals surface area contributed by atoms with Crippen LogP contribution in [0.2, 0.25) is 0 Å². The molecule has 0 unspecified atom stereocenters. The molecule has 0 N–H and O–H groups in total. The molecule has 4 heteroatoms. The van der Waals surface area contributed by atoms with Crippen molar-refractivity contribution in [2.75, 3.05) is 0 Å². The van der Waals surface area contributed by atoms with Gasteiger partial charge in [0.25, 0.3) is 0 Å². The van der Waals surface area contributed by atoms with Crippen LogP contribution >= 0.6 is 0 Å². The van der Waals surface area contributed by atoms with Crippen LogP contribution in [-0.4, -0.2) is 17.7 Å². The van der Waals surface area contributed by atoms with E-state index in [-0.39, 0.29) is 18.2 Å². The Bertz CT molecular complexity index is 597. The Labute approximate surface area is 111 Å². The summed E-state index contributed by atoms with van der Waals surface area (Å²) in [6, 6.07) is 0. The molecule has 19 heavy (non-hydrogen) atoms. The van der Waals surface area contributed by atoms with Gasteiger partial charge in [0.05, 0.1) is 6.26 Å². The summed E-state index contributed by atoms with van der Waals surface area (Å²) >= 11 is 0. The molecule has 0 aromatic carbocycles. The van der Waals surface area contributed by atoms with Gasteiger partial charge in [-0.25, -0.2) is 4.79 Å². The lowest BCUT2D eigenvalue weighted by molar-refractivity contribution is -0.154. The number of allylic oxidation sites excluding steroid dienone is 2. The predicted molar refractivity (Wildman–Crippen MR) is 66.6 cm³/mol. The van der Waals surface area contributed by atoms with Crippen molar-refractivity contribution in [1.29, 1.82) is 0 Å². The molecule has 2 bridgehead atoms. The number of hydrogen-bond acceptors (Lipinski definition) is 4. The molecular formula is C15H16O4. The minimum Gasteiger partial charge on any atom is -0.468 e. The molecule has 4 nitrogen and oxygen atoms in total. The quantitative estimate of drug-likeness (QED) is 0.409. The van der Waals surface area contributed by atoms with E-state index in [9.17, 15) is 4.79 Å². The van der Waals surface area contributed by atoms with Crippen LogP contribution in [0, 0.1) is 6.92 Å².